The molecular formula is C8H10N2O3. The molecule has 0 amide bonds. The predicted molar refractivity (Wildman–Crippen MR) is 46.2 cm³/mol. The van der Waals surface area contributed by atoms with Crippen LogP contribution in [0, 0.1) is 0 Å². The van der Waals surface area contributed by atoms with Crippen LogP contribution in [-0.2, 0) is 10.3 Å². The summed E-state index contributed by atoms with van der Waals surface area (Å²) >= 11 is 0. The summed E-state index contributed by atoms with van der Waals surface area (Å²) in [4.78, 5) is 24.2. The maximum Gasteiger partial charge on any atom is 0.328 e. The first-order valence-electron chi connectivity index (χ1n) is 3.66. The van der Waals surface area contributed by atoms with Gasteiger partial charge in [0, 0.05) is 11.8 Å². The number of aromatic nitrogens is 1. The fourth-order valence-corrected chi connectivity index (χ4v) is 0.946. The van der Waals surface area contributed by atoms with Crippen LogP contribution in [0.4, 0.5) is 0 Å². The van der Waals surface area contributed by atoms with Gasteiger partial charge >= 0.3 is 5.97 Å². The van der Waals surface area contributed by atoms with Crippen molar-refractivity contribution in [1.82, 2.24) is 4.98 Å². The molecule has 70 valence electrons. The molecule has 0 saturated heterocycles. The van der Waals surface area contributed by atoms with Crippen LogP contribution in [0.25, 0.3) is 0 Å². The van der Waals surface area contributed by atoms with Crippen LogP contribution in [0.15, 0.2) is 23.1 Å². The number of aromatic amines is 1. The van der Waals surface area contributed by atoms with Crippen molar-refractivity contribution in [2.75, 3.05) is 0 Å². The molecule has 1 heterocycles. The third-order valence-corrected chi connectivity index (χ3v) is 1.82. The van der Waals surface area contributed by atoms with E-state index in [1.165, 1.54) is 25.3 Å². The molecule has 0 radical (unpaired) electrons. The third kappa shape index (κ3) is 1.59. The lowest BCUT2D eigenvalue weighted by molar-refractivity contribution is -0.143. The predicted octanol–water partition coefficient (Wildman–Crippen LogP) is -0.367. The minimum absolute atomic E-state index is 0.0440. The van der Waals surface area contributed by atoms with Crippen molar-refractivity contribution in [3.05, 3.63) is 34.2 Å². The number of hydrogen-bond acceptors (Lipinski definition) is 3. The van der Waals surface area contributed by atoms with Gasteiger partial charge in [-0.15, -0.1) is 0 Å². The molecule has 1 aromatic heterocycles. The Bertz CT molecular complexity index is 381. The minimum Gasteiger partial charge on any atom is -0.480 e. The highest BCUT2D eigenvalue weighted by atomic mass is 16.4. The van der Waals surface area contributed by atoms with E-state index in [1.807, 2.05) is 0 Å². The second-order valence-electron chi connectivity index (χ2n) is 2.92. The zero-order valence-corrected chi connectivity index (χ0v) is 7.07. The minimum atomic E-state index is -1.64. The van der Waals surface area contributed by atoms with Crippen LogP contribution in [-0.4, -0.2) is 16.1 Å². The van der Waals surface area contributed by atoms with Gasteiger partial charge in [0.2, 0.25) is 0 Å². The molecule has 0 aliphatic heterocycles. The molecule has 4 N–H and O–H groups in total. The van der Waals surface area contributed by atoms with Crippen molar-refractivity contribution in [3.63, 3.8) is 0 Å². The Hall–Kier alpha value is -1.62. The van der Waals surface area contributed by atoms with Gasteiger partial charge in [0.05, 0.1) is 0 Å². The lowest BCUT2D eigenvalue weighted by atomic mass is 9.95. The number of pyridine rings is 1. The van der Waals surface area contributed by atoms with Gasteiger partial charge in [-0.2, -0.15) is 0 Å². The molecule has 5 nitrogen and oxygen atoms in total. The fraction of sp³-hybridized carbons (Fsp3) is 0.250. The molecule has 0 unspecified atom stereocenters. The van der Waals surface area contributed by atoms with Gasteiger partial charge in [0.25, 0.3) is 5.56 Å². The number of H-pyrrole nitrogens is 1. The first kappa shape index (κ1) is 9.47. The number of hydrogen-bond donors (Lipinski definition) is 3. The molecule has 1 aromatic rings. The van der Waals surface area contributed by atoms with Gasteiger partial charge in [-0.05, 0) is 19.1 Å². The third-order valence-electron chi connectivity index (χ3n) is 1.82. The van der Waals surface area contributed by atoms with Crippen LogP contribution in [0.1, 0.15) is 12.5 Å². The van der Waals surface area contributed by atoms with E-state index in [4.69, 9.17) is 10.8 Å². The Kier molecular flexibility index (Phi) is 2.20. The number of carboxylic acids is 1. The van der Waals surface area contributed by atoms with Crippen LogP contribution >= 0.6 is 0 Å². The summed E-state index contributed by atoms with van der Waals surface area (Å²) in [6, 6.07) is 2.93. The first-order chi connectivity index (χ1) is 5.96. The normalized spacial score (nSPS) is 14.9. The van der Waals surface area contributed by atoms with Gasteiger partial charge in [0.1, 0.15) is 5.54 Å². The molecule has 0 aliphatic rings. The van der Waals surface area contributed by atoms with Crippen molar-refractivity contribution in [3.8, 4) is 0 Å². The first-order valence-corrected chi connectivity index (χ1v) is 3.66. The topological polar surface area (TPSA) is 96.2 Å². The summed E-state index contributed by atoms with van der Waals surface area (Å²) in [5.41, 5.74) is 3.39. The van der Waals surface area contributed by atoms with Crippen LogP contribution < -0.4 is 11.3 Å². The molecule has 1 rings (SSSR count). The monoisotopic (exact) mass is 182 g/mol. The van der Waals surface area contributed by atoms with Gasteiger partial charge in [0.15, 0.2) is 0 Å². The lowest BCUT2D eigenvalue weighted by Crippen LogP contribution is -2.45. The number of nitrogens with one attached hydrogen (secondary N) is 1. The molecule has 0 saturated carbocycles. The average molecular weight is 182 g/mol. The highest BCUT2D eigenvalue weighted by Gasteiger charge is 2.32. The summed E-state index contributed by atoms with van der Waals surface area (Å²) in [5.74, 6) is -1.23. The second-order valence-corrected chi connectivity index (χ2v) is 2.92. The number of carbonyl (C=O) groups is 1. The Morgan fingerprint density at radius 2 is 2.31 bits per heavy atom. The Balaban J connectivity index is 3.30. The van der Waals surface area contributed by atoms with E-state index < -0.39 is 17.1 Å². The Morgan fingerprint density at radius 3 is 2.77 bits per heavy atom. The molecule has 0 bridgehead atoms. The molecule has 0 aliphatic carbocycles. The summed E-state index contributed by atoms with van der Waals surface area (Å²) in [6.45, 7) is 1.28. The molecule has 0 fully saturated rings. The molecule has 5 heteroatoms. The zero-order chi connectivity index (χ0) is 10.1. The van der Waals surface area contributed by atoms with Crippen molar-refractivity contribution in [2.24, 2.45) is 5.73 Å². The molecule has 13 heavy (non-hydrogen) atoms. The molecule has 0 aromatic carbocycles. The number of carboxylic acid groups (broad SMARTS) is 1. The molecule has 1 atom stereocenters. The maximum atomic E-state index is 11.2. The van der Waals surface area contributed by atoms with Gasteiger partial charge in [-0.25, -0.2) is 4.79 Å². The summed E-state index contributed by atoms with van der Waals surface area (Å²) < 4.78 is 0. The second kappa shape index (κ2) is 3.02. The van der Waals surface area contributed by atoms with E-state index in [0.29, 0.717) is 0 Å². The van der Waals surface area contributed by atoms with E-state index in [1.54, 1.807) is 0 Å². The van der Waals surface area contributed by atoms with Crippen LogP contribution in [0.2, 0.25) is 0 Å². The Labute approximate surface area is 74.2 Å². The fourth-order valence-electron chi connectivity index (χ4n) is 0.946. The van der Waals surface area contributed by atoms with Crippen LogP contribution in [0.5, 0.6) is 0 Å². The number of nitrogens with two attached hydrogens (primary N) is 1. The SMILES string of the molecule is C[C@@](N)(C(=O)O)c1ccc[nH]c1=O. The van der Waals surface area contributed by atoms with E-state index in [0.717, 1.165) is 0 Å². The highest BCUT2D eigenvalue weighted by molar-refractivity contribution is 5.79. The number of aliphatic carboxylic acids is 1. The summed E-state index contributed by atoms with van der Waals surface area (Å²) in [7, 11) is 0. The van der Waals surface area contributed by atoms with E-state index in [-0.39, 0.29) is 5.56 Å². The van der Waals surface area contributed by atoms with Gasteiger partial charge < -0.3 is 15.8 Å². The maximum absolute atomic E-state index is 11.2. The quantitative estimate of drug-likeness (QED) is 0.581. The Morgan fingerprint density at radius 1 is 1.69 bits per heavy atom. The average Bonchev–Trinajstić information content (AvgIpc) is 2.04. The standard InChI is InChI=1S/C8H10N2O3/c1-8(9,7(12)13)5-3-2-4-10-6(5)11/h2-4H,9H2,1H3,(H,10,11)(H,12,13)/t8-/m0/s1. The highest BCUT2D eigenvalue weighted by Crippen LogP contribution is 2.12. The van der Waals surface area contributed by atoms with E-state index in [9.17, 15) is 9.59 Å². The largest absolute Gasteiger partial charge is 0.480 e. The van der Waals surface area contributed by atoms with Gasteiger partial charge in [-0.3, -0.25) is 4.79 Å². The zero-order valence-electron chi connectivity index (χ0n) is 7.07. The smallest absolute Gasteiger partial charge is 0.328 e. The van der Waals surface area contributed by atoms with Gasteiger partial charge in [-0.1, -0.05) is 0 Å². The van der Waals surface area contributed by atoms with E-state index in [2.05, 4.69) is 4.98 Å². The molecular weight excluding hydrogens is 172 g/mol. The van der Waals surface area contributed by atoms with E-state index >= 15 is 0 Å². The van der Waals surface area contributed by atoms with Crippen LogP contribution in [0.3, 0.4) is 0 Å². The van der Waals surface area contributed by atoms with Crippen molar-refractivity contribution in [1.29, 1.82) is 0 Å². The lowest BCUT2D eigenvalue weighted by Gasteiger charge is -2.17. The van der Waals surface area contributed by atoms with Crippen molar-refractivity contribution >= 4 is 5.97 Å². The van der Waals surface area contributed by atoms with Crippen molar-refractivity contribution in [2.45, 2.75) is 12.5 Å². The number of rotatable bonds is 2. The van der Waals surface area contributed by atoms with Crippen molar-refractivity contribution < 1.29 is 9.90 Å². The molecule has 0 spiro atoms. The summed E-state index contributed by atoms with van der Waals surface area (Å²) in [5, 5.41) is 8.74. The summed E-state index contributed by atoms with van der Waals surface area (Å²) in [6.07, 6.45) is 1.42.